The zero-order valence-electron chi connectivity index (χ0n) is 13.7. The van der Waals surface area contributed by atoms with E-state index in [1.807, 2.05) is 25.1 Å². The second kappa shape index (κ2) is 9.12. The normalized spacial score (nSPS) is 18.5. The van der Waals surface area contributed by atoms with Gasteiger partial charge in [-0.1, -0.05) is 6.58 Å². The van der Waals surface area contributed by atoms with Gasteiger partial charge in [-0.15, -0.1) is 0 Å². The summed E-state index contributed by atoms with van der Waals surface area (Å²) >= 11 is 0. The van der Waals surface area contributed by atoms with E-state index in [0.29, 0.717) is 12.6 Å². The van der Waals surface area contributed by atoms with E-state index in [2.05, 4.69) is 27.2 Å². The molecule has 0 spiro atoms. The minimum Gasteiger partial charge on any atom is -0.313 e. The third-order valence-corrected chi connectivity index (χ3v) is 3.78. The summed E-state index contributed by atoms with van der Waals surface area (Å²) in [7, 11) is 0. The van der Waals surface area contributed by atoms with Gasteiger partial charge in [0.25, 0.3) is 0 Å². The Hall–Kier alpha value is -2.11. The van der Waals surface area contributed by atoms with Crippen LogP contribution in [0.3, 0.4) is 0 Å². The number of nitrogens with zero attached hydrogens (tertiary/aromatic N) is 2. The van der Waals surface area contributed by atoms with E-state index in [-0.39, 0.29) is 0 Å². The Kier molecular flexibility index (Phi) is 6.84. The quantitative estimate of drug-likeness (QED) is 0.510. The fraction of sp³-hybridized carbons (Fsp3) is 0.389. The first kappa shape index (κ1) is 17.2. The van der Waals surface area contributed by atoms with Crippen LogP contribution in [0.5, 0.6) is 0 Å². The predicted molar refractivity (Wildman–Crippen MR) is 97.3 cm³/mol. The lowest BCUT2D eigenvalue weighted by molar-refractivity contribution is 0.550. The van der Waals surface area contributed by atoms with Crippen LogP contribution in [0.1, 0.15) is 31.0 Å². The van der Waals surface area contributed by atoms with E-state index in [1.54, 1.807) is 12.4 Å². The lowest BCUT2D eigenvalue weighted by Crippen LogP contribution is -2.34. The van der Waals surface area contributed by atoms with Crippen LogP contribution in [0.2, 0.25) is 0 Å². The second-order valence-electron chi connectivity index (χ2n) is 5.59. The maximum Gasteiger partial charge on any atom is 0.0697 e. The Labute approximate surface area is 138 Å². The zero-order valence-corrected chi connectivity index (χ0v) is 13.7. The lowest BCUT2D eigenvalue weighted by Gasteiger charge is -2.12. The van der Waals surface area contributed by atoms with Gasteiger partial charge in [0.15, 0.2) is 0 Å². The first-order valence-corrected chi connectivity index (χ1v) is 8.02. The highest BCUT2D eigenvalue weighted by Crippen LogP contribution is 2.14. The molecule has 5 nitrogen and oxygen atoms in total. The molecule has 5 heteroatoms. The third-order valence-electron chi connectivity index (χ3n) is 3.78. The third kappa shape index (κ3) is 5.54. The van der Waals surface area contributed by atoms with Gasteiger partial charge in [0.2, 0.25) is 0 Å². The van der Waals surface area contributed by atoms with Crippen molar-refractivity contribution in [1.29, 1.82) is 5.41 Å². The van der Waals surface area contributed by atoms with E-state index in [1.165, 1.54) is 19.1 Å². The van der Waals surface area contributed by atoms with Crippen LogP contribution in [0.25, 0.3) is 5.57 Å². The van der Waals surface area contributed by atoms with Gasteiger partial charge in [-0.25, -0.2) is 0 Å². The fourth-order valence-corrected chi connectivity index (χ4v) is 2.56. The molecule has 1 fully saturated rings. The number of rotatable bonds is 8. The van der Waals surface area contributed by atoms with Crippen LogP contribution < -0.4 is 10.6 Å². The summed E-state index contributed by atoms with van der Waals surface area (Å²) in [6, 6.07) is 4.31. The van der Waals surface area contributed by atoms with Crippen molar-refractivity contribution in [1.82, 2.24) is 15.6 Å². The number of pyridine rings is 1. The van der Waals surface area contributed by atoms with Crippen LogP contribution in [-0.4, -0.2) is 43.1 Å². The predicted octanol–water partition coefficient (Wildman–Crippen LogP) is 2.41. The average Bonchev–Trinajstić information content (AvgIpc) is 3.08. The molecule has 1 aliphatic rings. The van der Waals surface area contributed by atoms with Gasteiger partial charge in [-0.3, -0.25) is 9.98 Å². The Morgan fingerprint density at radius 2 is 2.43 bits per heavy atom. The van der Waals surface area contributed by atoms with Gasteiger partial charge in [0.05, 0.1) is 11.4 Å². The first-order chi connectivity index (χ1) is 11.2. The van der Waals surface area contributed by atoms with Gasteiger partial charge in [0.1, 0.15) is 0 Å². The molecule has 1 aromatic rings. The van der Waals surface area contributed by atoms with Gasteiger partial charge in [-0.05, 0) is 50.1 Å². The van der Waals surface area contributed by atoms with E-state index in [9.17, 15) is 0 Å². The molecule has 0 amide bonds. The Bertz CT molecular complexity index is 580. The van der Waals surface area contributed by atoms with Gasteiger partial charge >= 0.3 is 0 Å². The van der Waals surface area contributed by atoms with E-state index >= 15 is 0 Å². The lowest BCUT2D eigenvalue weighted by atomic mass is 10.1. The molecule has 3 N–H and O–H groups in total. The second-order valence-corrected chi connectivity index (χ2v) is 5.59. The summed E-state index contributed by atoms with van der Waals surface area (Å²) in [5, 5.41) is 14.1. The highest BCUT2D eigenvalue weighted by Gasteiger charge is 2.13. The van der Waals surface area contributed by atoms with Crippen LogP contribution in [-0.2, 0) is 0 Å². The Balaban J connectivity index is 1.95. The maximum absolute atomic E-state index is 7.20. The van der Waals surface area contributed by atoms with Crippen LogP contribution in [0, 0.1) is 5.41 Å². The number of hydrogen-bond donors (Lipinski definition) is 3. The van der Waals surface area contributed by atoms with Crippen molar-refractivity contribution in [3.05, 3.63) is 47.9 Å². The molecular formula is C18H25N5. The largest absolute Gasteiger partial charge is 0.313 e. The Morgan fingerprint density at radius 1 is 1.57 bits per heavy atom. The number of aliphatic imine (C=N–C) groups is 1. The van der Waals surface area contributed by atoms with E-state index < -0.39 is 0 Å². The number of hydrogen-bond acceptors (Lipinski definition) is 5. The molecule has 0 aliphatic carbocycles. The fourth-order valence-electron chi connectivity index (χ4n) is 2.56. The molecule has 23 heavy (non-hydrogen) atoms. The number of aromatic nitrogens is 1. The summed E-state index contributed by atoms with van der Waals surface area (Å²) < 4.78 is 0. The summed E-state index contributed by atoms with van der Waals surface area (Å²) in [4.78, 5) is 8.74. The molecular weight excluding hydrogens is 286 g/mol. The van der Waals surface area contributed by atoms with Crippen LogP contribution in [0.4, 0.5) is 0 Å². The highest BCUT2D eigenvalue weighted by atomic mass is 15.0. The van der Waals surface area contributed by atoms with Crippen molar-refractivity contribution in [3.63, 3.8) is 0 Å². The molecule has 0 radical (unpaired) electrons. The van der Waals surface area contributed by atoms with Gasteiger partial charge < -0.3 is 16.0 Å². The molecule has 1 saturated heterocycles. The van der Waals surface area contributed by atoms with E-state index in [4.69, 9.17) is 5.41 Å². The highest BCUT2D eigenvalue weighted by molar-refractivity contribution is 5.78. The summed E-state index contributed by atoms with van der Waals surface area (Å²) in [6.45, 7) is 8.77. The van der Waals surface area contributed by atoms with E-state index in [0.717, 1.165) is 35.6 Å². The molecule has 1 unspecified atom stereocenters. The van der Waals surface area contributed by atoms with Crippen molar-refractivity contribution < 1.29 is 0 Å². The smallest absolute Gasteiger partial charge is 0.0697 e. The summed E-state index contributed by atoms with van der Waals surface area (Å²) in [5.74, 6) is 0. The van der Waals surface area contributed by atoms with Gasteiger partial charge in [-0.2, -0.15) is 0 Å². The van der Waals surface area contributed by atoms with Crippen molar-refractivity contribution in [2.24, 2.45) is 4.99 Å². The first-order valence-electron chi connectivity index (χ1n) is 8.02. The van der Waals surface area contributed by atoms with Crippen molar-refractivity contribution in [2.45, 2.75) is 25.8 Å². The van der Waals surface area contributed by atoms with Crippen molar-refractivity contribution in [3.8, 4) is 0 Å². The van der Waals surface area contributed by atoms with Gasteiger partial charge in [0, 0.05) is 43.3 Å². The standard InChI is InChI=1S/C18H25N5/c1-3-21-17(13-20-12-16-5-4-8-22-16)9-14(2)18-7-6-15(10-19)11-23-18/h3,6-7,9-11,16,19-20,22H,2,4-5,8,12-13H2,1H3/b17-9-,19-10?,21-3-. The maximum atomic E-state index is 7.20. The number of allylic oxidation sites excluding steroid dienone is 2. The molecule has 1 aliphatic heterocycles. The number of nitrogens with one attached hydrogen (secondary N) is 3. The molecule has 1 aromatic heterocycles. The topological polar surface area (TPSA) is 73.2 Å². The SMILES string of the molecule is C=C(/C=C(CNCC1CCCN1)\N=C/C)c1ccc(C=N)cn1. The van der Waals surface area contributed by atoms with Crippen LogP contribution in [0.15, 0.2) is 41.7 Å². The monoisotopic (exact) mass is 311 g/mol. The minimum absolute atomic E-state index is 0.570. The average molecular weight is 311 g/mol. The van der Waals surface area contributed by atoms with Crippen molar-refractivity contribution in [2.75, 3.05) is 19.6 Å². The molecule has 0 aromatic carbocycles. The summed E-state index contributed by atoms with van der Waals surface area (Å²) in [6.07, 6.45) is 9.20. The molecule has 0 bridgehead atoms. The Morgan fingerprint density at radius 3 is 3.04 bits per heavy atom. The minimum atomic E-state index is 0.570. The van der Waals surface area contributed by atoms with Crippen molar-refractivity contribution >= 4 is 18.0 Å². The summed E-state index contributed by atoms with van der Waals surface area (Å²) in [5.41, 5.74) is 3.34. The van der Waals surface area contributed by atoms with Crippen LogP contribution >= 0.6 is 0 Å². The zero-order chi connectivity index (χ0) is 16.5. The molecule has 122 valence electrons. The molecule has 2 heterocycles. The molecule has 2 rings (SSSR count). The molecule has 0 saturated carbocycles. The molecule has 1 atom stereocenters.